The first kappa shape index (κ1) is 6.82. The summed E-state index contributed by atoms with van der Waals surface area (Å²) in [5.74, 6) is 0. The fourth-order valence-corrected chi connectivity index (χ4v) is 1.92. The van der Waals surface area contributed by atoms with E-state index in [1.807, 2.05) is 11.4 Å². The van der Waals surface area contributed by atoms with E-state index in [9.17, 15) is 5.11 Å². The molecular formula is C7H8N2OS. The summed E-state index contributed by atoms with van der Waals surface area (Å²) in [5.41, 5.74) is 0.955. The molecule has 0 bridgehead atoms. The van der Waals surface area contributed by atoms with Crippen LogP contribution in [0.2, 0.25) is 0 Å². The Morgan fingerprint density at radius 2 is 2.55 bits per heavy atom. The van der Waals surface area contributed by atoms with Crippen molar-refractivity contribution in [3.8, 4) is 0 Å². The average molecular weight is 168 g/mol. The zero-order chi connectivity index (χ0) is 7.84. The molecule has 0 fully saturated rings. The highest BCUT2D eigenvalue weighted by atomic mass is 32.1. The molecule has 2 aromatic heterocycles. The van der Waals surface area contributed by atoms with Gasteiger partial charge in [-0.1, -0.05) is 0 Å². The quantitative estimate of drug-likeness (QED) is 0.702. The first-order valence-corrected chi connectivity index (χ1v) is 4.25. The average Bonchev–Trinajstić information content (AvgIpc) is 2.41. The lowest BCUT2D eigenvalue weighted by Crippen LogP contribution is -1.99. The fraction of sp³-hybridized carbons (Fsp3) is 0.286. The number of hydrogen-bond acceptors (Lipinski definition) is 3. The highest BCUT2D eigenvalue weighted by Crippen LogP contribution is 2.21. The van der Waals surface area contributed by atoms with E-state index in [1.54, 1.807) is 29.2 Å². The summed E-state index contributed by atoms with van der Waals surface area (Å²) >= 11 is 1.59. The maximum Gasteiger partial charge on any atom is 0.130 e. The fourth-order valence-electron chi connectivity index (χ4n) is 1.03. The topological polar surface area (TPSA) is 38.0 Å². The highest BCUT2D eigenvalue weighted by molar-refractivity contribution is 7.16. The summed E-state index contributed by atoms with van der Waals surface area (Å²) in [6.07, 6.45) is 1.17. The van der Waals surface area contributed by atoms with Crippen LogP contribution in [0.1, 0.15) is 13.2 Å². The van der Waals surface area contributed by atoms with Crippen molar-refractivity contribution in [3.05, 3.63) is 17.8 Å². The van der Waals surface area contributed by atoms with Crippen LogP contribution in [0.3, 0.4) is 0 Å². The lowest BCUT2D eigenvalue weighted by atomic mass is 10.5. The zero-order valence-corrected chi connectivity index (χ0v) is 6.88. The number of fused-ring (bicyclic) bond motifs is 1. The molecule has 0 radical (unpaired) electrons. The van der Waals surface area contributed by atoms with Crippen molar-refractivity contribution in [1.29, 1.82) is 0 Å². The van der Waals surface area contributed by atoms with Crippen LogP contribution in [0.4, 0.5) is 0 Å². The van der Waals surface area contributed by atoms with Gasteiger partial charge in [0.25, 0.3) is 0 Å². The van der Waals surface area contributed by atoms with E-state index in [-0.39, 0.29) is 0 Å². The molecule has 11 heavy (non-hydrogen) atoms. The second kappa shape index (κ2) is 2.32. The van der Waals surface area contributed by atoms with Gasteiger partial charge in [0, 0.05) is 0 Å². The molecule has 1 N–H and O–H groups in total. The molecule has 2 rings (SSSR count). The van der Waals surface area contributed by atoms with Crippen LogP contribution < -0.4 is 0 Å². The number of imidazole rings is 1. The van der Waals surface area contributed by atoms with Gasteiger partial charge in [0.15, 0.2) is 0 Å². The normalized spacial score (nSPS) is 14.0. The Morgan fingerprint density at radius 3 is 3.27 bits per heavy atom. The number of aromatic nitrogens is 2. The molecule has 0 spiro atoms. The number of aliphatic hydroxyl groups is 1. The van der Waals surface area contributed by atoms with E-state index < -0.39 is 6.23 Å². The molecule has 0 saturated heterocycles. The molecule has 2 heterocycles. The van der Waals surface area contributed by atoms with Crippen LogP contribution in [-0.4, -0.2) is 14.7 Å². The Labute approximate surface area is 67.9 Å². The largest absolute Gasteiger partial charge is 0.373 e. The number of nitrogens with zero attached hydrogens (tertiary/aromatic N) is 2. The van der Waals surface area contributed by atoms with Crippen molar-refractivity contribution in [2.45, 2.75) is 13.2 Å². The highest BCUT2D eigenvalue weighted by Gasteiger charge is 2.05. The van der Waals surface area contributed by atoms with Gasteiger partial charge in [-0.2, -0.15) is 0 Å². The minimum absolute atomic E-state index is 0.487. The third-order valence-corrected chi connectivity index (χ3v) is 2.50. The SMILES string of the molecule is CC(O)n1cnc2ccsc21. The van der Waals surface area contributed by atoms with Crippen molar-refractivity contribution in [2.24, 2.45) is 0 Å². The maximum atomic E-state index is 9.26. The van der Waals surface area contributed by atoms with Crippen molar-refractivity contribution >= 4 is 21.7 Å². The predicted octanol–water partition coefficient (Wildman–Crippen LogP) is 1.61. The smallest absolute Gasteiger partial charge is 0.130 e. The van der Waals surface area contributed by atoms with E-state index in [1.165, 1.54) is 0 Å². The van der Waals surface area contributed by atoms with Gasteiger partial charge in [-0.05, 0) is 18.4 Å². The van der Waals surface area contributed by atoms with E-state index in [0.29, 0.717) is 0 Å². The molecule has 58 valence electrons. The van der Waals surface area contributed by atoms with Gasteiger partial charge in [0.05, 0.1) is 11.8 Å². The standard InChI is InChI=1S/C7H8N2OS/c1-5(10)9-4-8-6-2-3-11-7(6)9/h2-5,10H,1H3. The first-order valence-electron chi connectivity index (χ1n) is 3.37. The molecule has 2 aromatic rings. The molecule has 0 saturated carbocycles. The Bertz CT molecular complexity index is 363. The molecule has 1 unspecified atom stereocenters. The molecule has 3 nitrogen and oxygen atoms in total. The van der Waals surface area contributed by atoms with Gasteiger partial charge < -0.3 is 5.11 Å². The minimum Gasteiger partial charge on any atom is -0.373 e. The summed E-state index contributed by atoms with van der Waals surface area (Å²) < 4.78 is 1.75. The first-order chi connectivity index (χ1) is 5.29. The Balaban J connectivity index is 2.68. The van der Waals surface area contributed by atoms with Gasteiger partial charge >= 0.3 is 0 Å². The lowest BCUT2D eigenvalue weighted by molar-refractivity contribution is 0.129. The zero-order valence-electron chi connectivity index (χ0n) is 6.06. The van der Waals surface area contributed by atoms with Crippen LogP contribution >= 0.6 is 11.3 Å². The molecular weight excluding hydrogens is 160 g/mol. The van der Waals surface area contributed by atoms with Gasteiger partial charge in [-0.3, -0.25) is 4.57 Å². The number of aliphatic hydroxyl groups excluding tert-OH is 1. The van der Waals surface area contributed by atoms with E-state index in [0.717, 1.165) is 10.3 Å². The Hall–Kier alpha value is -0.870. The van der Waals surface area contributed by atoms with Crippen LogP contribution in [0, 0.1) is 0 Å². The summed E-state index contributed by atoms with van der Waals surface area (Å²) in [7, 11) is 0. The molecule has 1 atom stereocenters. The second-order valence-corrected chi connectivity index (χ2v) is 3.29. The lowest BCUT2D eigenvalue weighted by Gasteiger charge is -2.03. The van der Waals surface area contributed by atoms with E-state index >= 15 is 0 Å². The summed E-state index contributed by atoms with van der Waals surface area (Å²) in [4.78, 5) is 5.14. The van der Waals surface area contributed by atoms with Crippen molar-refractivity contribution in [3.63, 3.8) is 0 Å². The molecule has 0 aliphatic heterocycles. The van der Waals surface area contributed by atoms with Gasteiger partial charge in [0.1, 0.15) is 11.1 Å². The summed E-state index contributed by atoms with van der Waals surface area (Å²) in [6.45, 7) is 1.72. The Kier molecular flexibility index (Phi) is 1.44. The van der Waals surface area contributed by atoms with Gasteiger partial charge in [-0.15, -0.1) is 11.3 Å². The van der Waals surface area contributed by atoms with E-state index in [2.05, 4.69) is 4.98 Å². The monoisotopic (exact) mass is 168 g/mol. The predicted molar refractivity (Wildman–Crippen MR) is 44.5 cm³/mol. The van der Waals surface area contributed by atoms with Crippen molar-refractivity contribution in [1.82, 2.24) is 9.55 Å². The third-order valence-electron chi connectivity index (χ3n) is 1.58. The molecule has 0 aromatic carbocycles. The number of rotatable bonds is 1. The molecule has 0 aliphatic rings. The molecule has 0 aliphatic carbocycles. The molecule has 0 amide bonds. The number of hydrogen-bond donors (Lipinski definition) is 1. The van der Waals surface area contributed by atoms with Crippen LogP contribution in [-0.2, 0) is 0 Å². The van der Waals surface area contributed by atoms with Crippen LogP contribution in [0.15, 0.2) is 17.8 Å². The van der Waals surface area contributed by atoms with Gasteiger partial charge in [-0.25, -0.2) is 4.98 Å². The number of thiophene rings is 1. The third kappa shape index (κ3) is 0.948. The van der Waals surface area contributed by atoms with Crippen molar-refractivity contribution in [2.75, 3.05) is 0 Å². The van der Waals surface area contributed by atoms with Gasteiger partial charge in [0.2, 0.25) is 0 Å². The Morgan fingerprint density at radius 1 is 1.73 bits per heavy atom. The minimum atomic E-state index is -0.487. The van der Waals surface area contributed by atoms with E-state index in [4.69, 9.17) is 0 Å². The van der Waals surface area contributed by atoms with Crippen molar-refractivity contribution < 1.29 is 5.11 Å². The second-order valence-electron chi connectivity index (χ2n) is 2.39. The van der Waals surface area contributed by atoms with Crippen LogP contribution in [0.5, 0.6) is 0 Å². The molecule has 4 heteroatoms. The maximum absolute atomic E-state index is 9.26. The van der Waals surface area contributed by atoms with Crippen LogP contribution in [0.25, 0.3) is 10.3 Å². The summed E-state index contributed by atoms with van der Waals surface area (Å²) in [6, 6.07) is 1.94. The summed E-state index contributed by atoms with van der Waals surface area (Å²) in [5, 5.41) is 11.2.